The molecule has 1 aliphatic heterocycles. The Morgan fingerprint density at radius 2 is 1.93 bits per heavy atom. The van der Waals surface area contributed by atoms with Crippen LogP contribution in [0.5, 0.6) is 0 Å². The van der Waals surface area contributed by atoms with Gasteiger partial charge < -0.3 is 15.1 Å². The summed E-state index contributed by atoms with van der Waals surface area (Å²) in [4.78, 5) is 28.9. The molecule has 1 unspecified atom stereocenters. The van der Waals surface area contributed by atoms with Crippen LogP contribution in [-0.4, -0.2) is 45.6 Å². The lowest BCUT2D eigenvalue weighted by Gasteiger charge is -2.36. The second kappa shape index (κ2) is 7.33. The van der Waals surface area contributed by atoms with E-state index in [9.17, 15) is 14.7 Å². The van der Waals surface area contributed by atoms with Crippen LogP contribution in [0.2, 0.25) is 0 Å². The Morgan fingerprint density at radius 1 is 1.25 bits per heavy atom. The lowest BCUT2D eigenvalue weighted by atomic mass is 9.89. The molecule has 0 spiro atoms. The van der Waals surface area contributed by atoms with E-state index in [4.69, 9.17) is 5.11 Å². The number of aliphatic hydroxyl groups is 2. The molecule has 0 amide bonds. The Balaban J connectivity index is 1.74. The van der Waals surface area contributed by atoms with Crippen molar-refractivity contribution in [2.24, 2.45) is 5.92 Å². The van der Waals surface area contributed by atoms with Gasteiger partial charge in [0.2, 0.25) is 0 Å². The molecule has 2 aromatic rings. The van der Waals surface area contributed by atoms with Gasteiger partial charge in [0, 0.05) is 31.3 Å². The fourth-order valence-corrected chi connectivity index (χ4v) is 4.51. The van der Waals surface area contributed by atoms with Gasteiger partial charge in [0.15, 0.2) is 0 Å². The van der Waals surface area contributed by atoms with Gasteiger partial charge in [-0.15, -0.1) is 0 Å². The number of nitrogens with one attached hydrogen (secondary N) is 1. The smallest absolute Gasteiger partial charge is 0.329 e. The van der Waals surface area contributed by atoms with Crippen molar-refractivity contribution in [3.05, 3.63) is 38.3 Å². The highest BCUT2D eigenvalue weighted by Gasteiger charge is 2.31. The van der Waals surface area contributed by atoms with E-state index in [0.29, 0.717) is 49.1 Å². The highest BCUT2D eigenvalue weighted by Crippen LogP contribution is 2.39. The predicted octanol–water partition coefficient (Wildman–Crippen LogP) is 1.43. The van der Waals surface area contributed by atoms with Gasteiger partial charge in [-0.05, 0) is 51.0 Å². The van der Waals surface area contributed by atoms with Crippen LogP contribution in [0.4, 0.5) is 10.1 Å². The Labute approximate surface area is 161 Å². The van der Waals surface area contributed by atoms with Crippen molar-refractivity contribution >= 4 is 16.6 Å². The third kappa shape index (κ3) is 3.24. The zero-order chi connectivity index (χ0) is 20.0. The molecule has 1 aromatic carbocycles. The number of nitrogens with zero attached hydrogens (tertiary/aromatic N) is 2. The van der Waals surface area contributed by atoms with Crippen molar-refractivity contribution in [2.75, 3.05) is 24.6 Å². The average molecular weight is 391 g/mol. The molecule has 2 fully saturated rings. The predicted molar refractivity (Wildman–Crippen MR) is 104 cm³/mol. The number of benzene rings is 1. The molecule has 1 atom stereocenters. The fraction of sp³-hybridized carbons (Fsp3) is 0.600. The van der Waals surface area contributed by atoms with Crippen molar-refractivity contribution in [3.63, 3.8) is 0 Å². The fourth-order valence-electron chi connectivity index (χ4n) is 4.51. The highest BCUT2D eigenvalue weighted by atomic mass is 19.1. The monoisotopic (exact) mass is 391 g/mol. The normalized spacial score (nSPS) is 19.4. The number of rotatable bonds is 5. The third-order valence-electron chi connectivity index (χ3n) is 6.12. The highest BCUT2D eigenvalue weighted by molar-refractivity contribution is 5.87. The Kier molecular flexibility index (Phi) is 5.01. The van der Waals surface area contributed by atoms with Crippen LogP contribution in [0.15, 0.2) is 15.7 Å². The molecule has 3 N–H and O–H groups in total. The molecule has 0 bridgehead atoms. The van der Waals surface area contributed by atoms with Crippen LogP contribution < -0.4 is 16.1 Å². The van der Waals surface area contributed by atoms with Gasteiger partial charge in [-0.3, -0.25) is 14.3 Å². The zero-order valence-electron chi connectivity index (χ0n) is 15.9. The van der Waals surface area contributed by atoms with Gasteiger partial charge in [-0.2, -0.15) is 0 Å². The summed E-state index contributed by atoms with van der Waals surface area (Å²) in [5, 5.41) is 19.3. The molecule has 28 heavy (non-hydrogen) atoms. The minimum absolute atomic E-state index is 0.0486. The molecule has 1 saturated carbocycles. The van der Waals surface area contributed by atoms with Crippen LogP contribution >= 0.6 is 0 Å². The van der Waals surface area contributed by atoms with Gasteiger partial charge in [-0.1, -0.05) is 0 Å². The number of aromatic nitrogens is 2. The van der Waals surface area contributed by atoms with Crippen molar-refractivity contribution in [2.45, 2.75) is 51.2 Å². The van der Waals surface area contributed by atoms with Crippen LogP contribution in [0.25, 0.3) is 10.9 Å². The molecule has 152 valence electrons. The number of piperidine rings is 1. The first-order chi connectivity index (χ1) is 13.4. The maximum Gasteiger partial charge on any atom is 0.329 e. The van der Waals surface area contributed by atoms with E-state index in [1.807, 2.05) is 4.90 Å². The average Bonchev–Trinajstić information content (AvgIpc) is 3.48. The number of halogens is 1. The second-order valence-corrected chi connectivity index (χ2v) is 7.99. The van der Waals surface area contributed by atoms with Gasteiger partial charge in [0.1, 0.15) is 5.82 Å². The lowest BCUT2D eigenvalue weighted by Crippen LogP contribution is -2.39. The molecular formula is C20H26FN3O4. The van der Waals surface area contributed by atoms with E-state index in [1.54, 1.807) is 11.5 Å². The molecule has 2 heterocycles. The Hall–Kier alpha value is -2.19. The van der Waals surface area contributed by atoms with E-state index in [-0.39, 0.29) is 24.0 Å². The quantitative estimate of drug-likeness (QED) is 0.716. The van der Waals surface area contributed by atoms with Gasteiger partial charge >= 0.3 is 5.69 Å². The Morgan fingerprint density at radius 3 is 2.54 bits per heavy atom. The molecule has 7 nitrogen and oxygen atoms in total. The molecule has 8 heteroatoms. The number of aliphatic hydroxyl groups excluding tert-OH is 2. The number of H-pyrrole nitrogens is 1. The summed E-state index contributed by atoms with van der Waals surface area (Å²) in [6, 6.07) is 1.30. The third-order valence-corrected chi connectivity index (χ3v) is 6.12. The molecule has 4 rings (SSSR count). The number of aromatic amines is 1. The summed E-state index contributed by atoms with van der Waals surface area (Å²) in [6.07, 6.45) is 2.95. The molecule has 1 aliphatic carbocycles. The van der Waals surface area contributed by atoms with Crippen LogP contribution in [0, 0.1) is 18.7 Å². The molecule has 1 aromatic heterocycles. The van der Waals surface area contributed by atoms with E-state index >= 15 is 4.39 Å². The van der Waals surface area contributed by atoms with Crippen molar-refractivity contribution < 1.29 is 14.6 Å². The SMILES string of the molecule is Cc1c(N2CCC(C(O)CCO)CC2)c(F)cc2c(=O)[nH]c(=O)n(C3CC3)c12. The molecular weight excluding hydrogens is 365 g/mol. The van der Waals surface area contributed by atoms with Crippen molar-refractivity contribution in [3.8, 4) is 0 Å². The van der Waals surface area contributed by atoms with Crippen LogP contribution in [-0.2, 0) is 0 Å². The summed E-state index contributed by atoms with van der Waals surface area (Å²) in [5.41, 5.74) is 0.569. The molecule has 1 saturated heterocycles. The molecule has 0 radical (unpaired) electrons. The second-order valence-electron chi connectivity index (χ2n) is 7.99. The van der Waals surface area contributed by atoms with Crippen molar-refractivity contribution in [1.29, 1.82) is 0 Å². The van der Waals surface area contributed by atoms with E-state index < -0.39 is 23.2 Å². The number of hydrogen-bond acceptors (Lipinski definition) is 5. The summed E-state index contributed by atoms with van der Waals surface area (Å²) < 4.78 is 16.6. The largest absolute Gasteiger partial charge is 0.396 e. The van der Waals surface area contributed by atoms with Crippen LogP contribution in [0.3, 0.4) is 0 Å². The molecule has 2 aliphatic rings. The minimum atomic E-state index is -0.559. The maximum absolute atomic E-state index is 15.0. The first kappa shape index (κ1) is 19.1. The van der Waals surface area contributed by atoms with Gasteiger partial charge in [-0.25, -0.2) is 9.18 Å². The zero-order valence-corrected chi connectivity index (χ0v) is 15.9. The van der Waals surface area contributed by atoms with E-state index in [2.05, 4.69) is 4.98 Å². The van der Waals surface area contributed by atoms with Crippen molar-refractivity contribution in [1.82, 2.24) is 9.55 Å². The van der Waals surface area contributed by atoms with Gasteiger partial charge in [0.25, 0.3) is 5.56 Å². The number of fused-ring (bicyclic) bond motifs is 1. The summed E-state index contributed by atoms with van der Waals surface area (Å²) in [7, 11) is 0. The topological polar surface area (TPSA) is 98.6 Å². The van der Waals surface area contributed by atoms with Gasteiger partial charge in [0.05, 0.1) is 22.7 Å². The first-order valence-electron chi connectivity index (χ1n) is 9.94. The maximum atomic E-state index is 15.0. The van der Waals surface area contributed by atoms with Crippen LogP contribution in [0.1, 0.15) is 43.7 Å². The summed E-state index contributed by atoms with van der Waals surface area (Å²) >= 11 is 0. The lowest BCUT2D eigenvalue weighted by molar-refractivity contribution is 0.0670. The number of aryl methyl sites for hydroxylation is 1. The number of hydrogen-bond donors (Lipinski definition) is 3. The Bertz CT molecular complexity index is 1000. The minimum Gasteiger partial charge on any atom is -0.396 e. The van der Waals surface area contributed by atoms with E-state index in [0.717, 1.165) is 12.8 Å². The standard InChI is InChI=1S/C20H26FN3O4/c1-11-17-14(19(27)22-20(28)24(17)13-2-3-13)10-15(21)18(11)23-7-4-12(5-8-23)16(26)6-9-25/h10,12-13,16,25-26H,2-9H2,1H3,(H,22,27,28). The number of anilines is 1. The summed E-state index contributed by atoms with van der Waals surface area (Å²) in [5.74, 6) is -0.384. The van der Waals surface area contributed by atoms with E-state index in [1.165, 1.54) is 6.07 Å². The summed E-state index contributed by atoms with van der Waals surface area (Å²) in [6.45, 7) is 2.87. The first-order valence-corrected chi connectivity index (χ1v) is 9.94.